The highest BCUT2D eigenvalue weighted by Gasteiger charge is 2.07. The minimum atomic E-state index is -1.11. The number of rotatable bonds is 5. The average Bonchev–Trinajstić information content (AvgIpc) is 2.26. The molecule has 1 aromatic heterocycles. The van der Waals surface area contributed by atoms with Gasteiger partial charge >= 0.3 is 5.97 Å². The van der Waals surface area contributed by atoms with Gasteiger partial charge in [0.15, 0.2) is 5.69 Å². The zero-order valence-corrected chi connectivity index (χ0v) is 9.06. The van der Waals surface area contributed by atoms with Crippen LogP contribution in [-0.4, -0.2) is 22.0 Å². The van der Waals surface area contributed by atoms with Crippen molar-refractivity contribution in [2.75, 3.05) is 5.32 Å². The van der Waals surface area contributed by atoms with Gasteiger partial charge in [-0.2, -0.15) is 0 Å². The van der Waals surface area contributed by atoms with Crippen molar-refractivity contribution in [3.8, 4) is 0 Å². The quantitative estimate of drug-likeness (QED) is 0.797. The number of unbranched alkanes of at least 4 members (excludes halogenated alkanes) is 1. The van der Waals surface area contributed by atoms with Gasteiger partial charge in [0.05, 0.1) is 0 Å². The van der Waals surface area contributed by atoms with Crippen molar-refractivity contribution < 1.29 is 14.7 Å². The van der Waals surface area contributed by atoms with Crippen LogP contribution < -0.4 is 5.32 Å². The van der Waals surface area contributed by atoms with Gasteiger partial charge in [0.2, 0.25) is 5.91 Å². The third-order valence-corrected chi connectivity index (χ3v) is 1.99. The monoisotopic (exact) mass is 222 g/mol. The third kappa shape index (κ3) is 3.68. The number of hydrogen-bond acceptors (Lipinski definition) is 3. The van der Waals surface area contributed by atoms with E-state index in [0.29, 0.717) is 6.42 Å². The second kappa shape index (κ2) is 5.85. The molecule has 1 amide bonds. The number of carboxylic acids is 1. The minimum Gasteiger partial charge on any atom is -0.477 e. The Morgan fingerprint density at radius 3 is 2.81 bits per heavy atom. The summed E-state index contributed by atoms with van der Waals surface area (Å²) < 4.78 is 0. The highest BCUT2D eigenvalue weighted by Crippen LogP contribution is 2.06. The van der Waals surface area contributed by atoms with Crippen molar-refractivity contribution in [2.45, 2.75) is 26.2 Å². The molecule has 1 rings (SSSR count). The molecule has 0 saturated carbocycles. The van der Waals surface area contributed by atoms with Gasteiger partial charge < -0.3 is 10.4 Å². The first-order valence-corrected chi connectivity index (χ1v) is 5.13. The second-order valence-corrected chi connectivity index (χ2v) is 3.36. The fraction of sp³-hybridized carbons (Fsp3) is 0.364. The summed E-state index contributed by atoms with van der Waals surface area (Å²) in [7, 11) is 0. The van der Waals surface area contributed by atoms with Gasteiger partial charge in [-0.1, -0.05) is 19.4 Å². The van der Waals surface area contributed by atoms with Gasteiger partial charge in [0, 0.05) is 6.42 Å². The predicted molar refractivity (Wildman–Crippen MR) is 59.4 cm³/mol. The molecule has 0 spiro atoms. The number of aromatic carboxylic acids is 1. The predicted octanol–water partition coefficient (Wildman–Crippen LogP) is 1.91. The normalized spacial score (nSPS) is 9.81. The van der Waals surface area contributed by atoms with Crippen LogP contribution in [0.4, 0.5) is 5.82 Å². The highest BCUT2D eigenvalue weighted by molar-refractivity contribution is 5.91. The second-order valence-electron chi connectivity index (χ2n) is 3.36. The fourth-order valence-corrected chi connectivity index (χ4v) is 1.17. The van der Waals surface area contributed by atoms with Gasteiger partial charge in [-0.05, 0) is 18.6 Å². The van der Waals surface area contributed by atoms with E-state index in [1.165, 1.54) is 6.07 Å². The Bertz CT molecular complexity index is 391. The molecular weight excluding hydrogens is 208 g/mol. The Kier molecular flexibility index (Phi) is 4.44. The van der Waals surface area contributed by atoms with E-state index in [0.717, 1.165) is 12.8 Å². The van der Waals surface area contributed by atoms with E-state index in [1.807, 2.05) is 6.92 Å². The topological polar surface area (TPSA) is 79.3 Å². The van der Waals surface area contributed by atoms with Crippen molar-refractivity contribution in [3.05, 3.63) is 23.9 Å². The number of nitrogens with one attached hydrogen (secondary N) is 1. The standard InChI is InChI=1S/C11H14N2O3/c1-2-3-7-10(14)13-9-6-4-5-8(12-9)11(15)16/h4-6H,2-3,7H2,1H3,(H,15,16)(H,12,13,14). The molecule has 1 aromatic rings. The summed E-state index contributed by atoms with van der Waals surface area (Å²) >= 11 is 0. The molecule has 1 heterocycles. The van der Waals surface area contributed by atoms with E-state index >= 15 is 0 Å². The maximum Gasteiger partial charge on any atom is 0.354 e. The Morgan fingerprint density at radius 1 is 1.44 bits per heavy atom. The minimum absolute atomic E-state index is 0.0757. The maximum atomic E-state index is 11.4. The molecule has 16 heavy (non-hydrogen) atoms. The summed E-state index contributed by atoms with van der Waals surface area (Å²) in [6, 6.07) is 4.49. The SMILES string of the molecule is CCCCC(=O)Nc1cccc(C(=O)O)n1. The van der Waals surface area contributed by atoms with Gasteiger partial charge in [0.25, 0.3) is 0 Å². The van der Waals surface area contributed by atoms with E-state index in [2.05, 4.69) is 10.3 Å². The number of carbonyl (C=O) groups excluding carboxylic acids is 1. The number of amides is 1. The maximum absolute atomic E-state index is 11.4. The lowest BCUT2D eigenvalue weighted by Gasteiger charge is -2.04. The smallest absolute Gasteiger partial charge is 0.354 e. The van der Waals surface area contributed by atoms with Crippen molar-refractivity contribution in [1.82, 2.24) is 4.98 Å². The van der Waals surface area contributed by atoms with Gasteiger partial charge in [-0.15, -0.1) is 0 Å². The summed E-state index contributed by atoms with van der Waals surface area (Å²) in [5.41, 5.74) is -0.0757. The Morgan fingerprint density at radius 2 is 2.19 bits per heavy atom. The van der Waals surface area contributed by atoms with Crippen molar-refractivity contribution in [3.63, 3.8) is 0 Å². The van der Waals surface area contributed by atoms with Crippen LogP contribution in [0.3, 0.4) is 0 Å². The van der Waals surface area contributed by atoms with Crippen LogP contribution in [0.15, 0.2) is 18.2 Å². The van der Waals surface area contributed by atoms with E-state index in [1.54, 1.807) is 12.1 Å². The lowest BCUT2D eigenvalue weighted by molar-refractivity contribution is -0.116. The number of nitrogens with zero attached hydrogens (tertiary/aromatic N) is 1. The van der Waals surface area contributed by atoms with E-state index in [9.17, 15) is 9.59 Å². The summed E-state index contributed by atoms with van der Waals surface area (Å²) in [5.74, 6) is -0.970. The molecule has 0 unspecified atom stereocenters. The summed E-state index contributed by atoms with van der Waals surface area (Å²) in [5, 5.41) is 11.3. The van der Waals surface area contributed by atoms with Crippen molar-refractivity contribution in [1.29, 1.82) is 0 Å². The van der Waals surface area contributed by atoms with Crippen LogP contribution in [-0.2, 0) is 4.79 Å². The molecule has 5 heteroatoms. The molecule has 0 aliphatic carbocycles. The van der Waals surface area contributed by atoms with Crippen LogP contribution in [0.5, 0.6) is 0 Å². The molecule has 0 aliphatic rings. The molecule has 0 atom stereocenters. The summed E-state index contributed by atoms with van der Waals surface area (Å²) in [6.07, 6.45) is 2.18. The number of hydrogen-bond donors (Lipinski definition) is 2. The molecule has 0 aliphatic heterocycles. The molecule has 0 saturated heterocycles. The number of carboxylic acid groups (broad SMARTS) is 1. The average molecular weight is 222 g/mol. The third-order valence-electron chi connectivity index (χ3n) is 1.99. The number of carbonyl (C=O) groups is 2. The molecule has 2 N–H and O–H groups in total. The van der Waals surface area contributed by atoms with Crippen molar-refractivity contribution >= 4 is 17.7 Å². The summed E-state index contributed by atoms with van der Waals surface area (Å²) in [4.78, 5) is 25.8. The zero-order valence-electron chi connectivity index (χ0n) is 9.06. The first-order chi connectivity index (χ1) is 7.63. The number of aromatic nitrogens is 1. The van der Waals surface area contributed by atoms with Crippen LogP contribution in [0.2, 0.25) is 0 Å². The van der Waals surface area contributed by atoms with E-state index < -0.39 is 5.97 Å². The molecule has 0 radical (unpaired) electrons. The summed E-state index contributed by atoms with van der Waals surface area (Å²) in [6.45, 7) is 2.00. The van der Waals surface area contributed by atoms with E-state index in [4.69, 9.17) is 5.11 Å². The number of pyridine rings is 1. The lowest BCUT2D eigenvalue weighted by Crippen LogP contribution is -2.13. The lowest BCUT2D eigenvalue weighted by atomic mass is 10.2. The Hall–Kier alpha value is -1.91. The molecule has 5 nitrogen and oxygen atoms in total. The molecule has 0 fully saturated rings. The first kappa shape index (κ1) is 12.2. The highest BCUT2D eigenvalue weighted by atomic mass is 16.4. The first-order valence-electron chi connectivity index (χ1n) is 5.13. The molecular formula is C11H14N2O3. The van der Waals surface area contributed by atoms with Crippen LogP contribution in [0.25, 0.3) is 0 Å². The van der Waals surface area contributed by atoms with Gasteiger partial charge in [0.1, 0.15) is 5.82 Å². The molecule has 0 bridgehead atoms. The van der Waals surface area contributed by atoms with Crippen LogP contribution in [0, 0.1) is 0 Å². The van der Waals surface area contributed by atoms with Crippen LogP contribution >= 0.6 is 0 Å². The largest absolute Gasteiger partial charge is 0.477 e. The molecule has 86 valence electrons. The zero-order chi connectivity index (χ0) is 12.0. The van der Waals surface area contributed by atoms with E-state index in [-0.39, 0.29) is 17.4 Å². The van der Waals surface area contributed by atoms with Gasteiger partial charge in [-0.25, -0.2) is 9.78 Å². The van der Waals surface area contributed by atoms with Gasteiger partial charge in [-0.3, -0.25) is 4.79 Å². The van der Waals surface area contributed by atoms with Crippen LogP contribution in [0.1, 0.15) is 36.7 Å². The fourth-order valence-electron chi connectivity index (χ4n) is 1.17. The molecule has 0 aromatic carbocycles. The Labute approximate surface area is 93.5 Å². The number of anilines is 1. The Balaban J connectivity index is 2.63. The van der Waals surface area contributed by atoms with Crippen molar-refractivity contribution in [2.24, 2.45) is 0 Å².